The van der Waals surface area contributed by atoms with Crippen LogP contribution < -0.4 is 5.32 Å². The zero-order valence-corrected chi connectivity index (χ0v) is 10.2. The Bertz CT molecular complexity index is 360. The zero-order chi connectivity index (χ0) is 14.0. The monoisotopic (exact) mass is 255 g/mol. The van der Waals surface area contributed by atoms with Gasteiger partial charge in [-0.15, -0.1) is 0 Å². The molecule has 0 spiro atoms. The van der Waals surface area contributed by atoms with Gasteiger partial charge in [-0.2, -0.15) is 5.26 Å². The maximum atomic E-state index is 11.5. The normalized spacial score (nSPS) is 10.6. The maximum absolute atomic E-state index is 11.5. The molecule has 0 aromatic carbocycles. The molecule has 0 radical (unpaired) electrons. The number of likely N-dealkylation sites (N-methyl/N-ethyl adjacent to an activating group) is 1. The highest BCUT2D eigenvalue weighted by Crippen LogP contribution is 1.98. The van der Waals surface area contributed by atoms with Crippen molar-refractivity contribution in [2.75, 3.05) is 26.2 Å². The number of aliphatic hydroxyl groups is 1. The highest BCUT2D eigenvalue weighted by atomic mass is 16.4. The molecule has 0 saturated heterocycles. The first kappa shape index (κ1) is 15.9. The Labute approximate surface area is 105 Å². The number of carbonyl (C=O) groups is 2. The van der Waals surface area contributed by atoms with Gasteiger partial charge in [0.15, 0.2) is 0 Å². The lowest BCUT2D eigenvalue weighted by Gasteiger charge is -2.16. The fourth-order valence-corrected chi connectivity index (χ4v) is 1.14. The number of aliphatic hydroxyl groups excluding tert-OH is 1. The predicted molar refractivity (Wildman–Crippen MR) is 63.3 cm³/mol. The van der Waals surface area contributed by atoms with Gasteiger partial charge in [-0.1, -0.05) is 0 Å². The number of rotatable bonds is 8. The Kier molecular flexibility index (Phi) is 7.98. The summed E-state index contributed by atoms with van der Waals surface area (Å²) in [6.45, 7) is 2.59. The van der Waals surface area contributed by atoms with Crippen LogP contribution in [0.4, 0.5) is 0 Å². The summed E-state index contributed by atoms with van der Waals surface area (Å²) in [6, 6.07) is 1.74. The lowest BCUT2D eigenvalue weighted by atomic mass is 10.2. The fourth-order valence-electron chi connectivity index (χ4n) is 1.14. The van der Waals surface area contributed by atoms with Crippen molar-refractivity contribution >= 4 is 11.9 Å². The van der Waals surface area contributed by atoms with E-state index in [9.17, 15) is 9.59 Å². The van der Waals surface area contributed by atoms with Crippen molar-refractivity contribution in [1.29, 1.82) is 5.26 Å². The molecule has 0 aromatic rings. The Balaban J connectivity index is 4.46. The molecule has 0 aliphatic heterocycles. The zero-order valence-electron chi connectivity index (χ0n) is 10.2. The molecule has 0 bridgehead atoms. The lowest BCUT2D eigenvalue weighted by molar-refractivity contribution is -0.136. The van der Waals surface area contributed by atoms with Gasteiger partial charge in [-0.3, -0.25) is 9.59 Å². The Morgan fingerprint density at radius 3 is 2.61 bits per heavy atom. The summed E-state index contributed by atoms with van der Waals surface area (Å²) in [7, 11) is 0. The van der Waals surface area contributed by atoms with Crippen molar-refractivity contribution in [3.05, 3.63) is 11.8 Å². The highest BCUT2D eigenvalue weighted by molar-refractivity contribution is 5.97. The molecular formula is C11H17N3O4. The van der Waals surface area contributed by atoms with Crippen LogP contribution in [-0.4, -0.2) is 53.2 Å². The van der Waals surface area contributed by atoms with E-state index in [1.54, 1.807) is 11.0 Å². The van der Waals surface area contributed by atoms with E-state index >= 15 is 0 Å². The first-order chi connectivity index (χ1) is 8.54. The van der Waals surface area contributed by atoms with Gasteiger partial charge >= 0.3 is 5.97 Å². The van der Waals surface area contributed by atoms with Crippen molar-refractivity contribution in [1.82, 2.24) is 10.2 Å². The van der Waals surface area contributed by atoms with Gasteiger partial charge < -0.3 is 20.4 Å². The molecule has 7 heteroatoms. The summed E-state index contributed by atoms with van der Waals surface area (Å²) in [5, 5.41) is 28.4. The van der Waals surface area contributed by atoms with Crippen LogP contribution in [0.3, 0.4) is 0 Å². The van der Waals surface area contributed by atoms with Gasteiger partial charge in [0.05, 0.1) is 13.0 Å². The quantitative estimate of drug-likeness (QED) is 0.390. The molecule has 18 heavy (non-hydrogen) atoms. The SMILES string of the molecule is CCN(/C=C(/C#N)C(=O)NCCC(=O)O)CCO. The second-order valence-electron chi connectivity index (χ2n) is 3.41. The van der Waals surface area contributed by atoms with E-state index in [0.29, 0.717) is 13.1 Å². The van der Waals surface area contributed by atoms with E-state index < -0.39 is 11.9 Å². The number of hydrogen-bond acceptors (Lipinski definition) is 5. The second kappa shape index (κ2) is 9.01. The summed E-state index contributed by atoms with van der Waals surface area (Å²) >= 11 is 0. The van der Waals surface area contributed by atoms with Gasteiger partial charge in [0.1, 0.15) is 11.6 Å². The highest BCUT2D eigenvalue weighted by Gasteiger charge is 2.10. The number of aliphatic carboxylic acids is 1. The molecule has 0 heterocycles. The van der Waals surface area contributed by atoms with Crippen molar-refractivity contribution < 1.29 is 19.8 Å². The van der Waals surface area contributed by atoms with Crippen LogP contribution in [0.15, 0.2) is 11.8 Å². The number of nitrogens with one attached hydrogen (secondary N) is 1. The molecule has 100 valence electrons. The van der Waals surface area contributed by atoms with Gasteiger partial charge in [-0.25, -0.2) is 0 Å². The molecule has 1 amide bonds. The van der Waals surface area contributed by atoms with Gasteiger partial charge in [0, 0.05) is 25.8 Å². The summed E-state index contributed by atoms with van der Waals surface area (Å²) < 4.78 is 0. The number of amides is 1. The third-order valence-electron chi connectivity index (χ3n) is 2.09. The van der Waals surface area contributed by atoms with E-state index in [-0.39, 0.29) is 25.1 Å². The number of carboxylic acids is 1. The second-order valence-corrected chi connectivity index (χ2v) is 3.41. The molecule has 0 saturated carbocycles. The summed E-state index contributed by atoms with van der Waals surface area (Å²) in [5.74, 6) is -1.64. The van der Waals surface area contributed by atoms with Crippen LogP contribution in [0, 0.1) is 11.3 Å². The average molecular weight is 255 g/mol. The minimum atomic E-state index is -1.02. The standard InChI is InChI=1S/C11H17N3O4/c1-2-14(5-6-15)8-9(7-12)11(18)13-4-3-10(16)17/h8,15H,2-6H2,1H3,(H,13,18)(H,16,17)/b9-8-. The van der Waals surface area contributed by atoms with Crippen LogP contribution in [0.2, 0.25) is 0 Å². The number of carbonyl (C=O) groups excluding carboxylic acids is 1. The molecule has 0 rings (SSSR count). The predicted octanol–water partition coefficient (Wildman–Crippen LogP) is -0.701. The maximum Gasteiger partial charge on any atom is 0.305 e. The van der Waals surface area contributed by atoms with Gasteiger partial charge in [0.25, 0.3) is 5.91 Å². The van der Waals surface area contributed by atoms with Crippen LogP contribution >= 0.6 is 0 Å². The summed E-state index contributed by atoms with van der Waals surface area (Å²) in [5.41, 5.74) is -0.115. The average Bonchev–Trinajstić information content (AvgIpc) is 2.33. The van der Waals surface area contributed by atoms with Crippen molar-refractivity contribution in [2.24, 2.45) is 0 Å². The number of hydrogen-bond donors (Lipinski definition) is 3. The summed E-state index contributed by atoms with van der Waals surface area (Å²) in [4.78, 5) is 23.4. The van der Waals surface area contributed by atoms with E-state index in [4.69, 9.17) is 15.5 Å². The van der Waals surface area contributed by atoms with E-state index in [1.807, 2.05) is 6.92 Å². The molecule has 0 atom stereocenters. The smallest absolute Gasteiger partial charge is 0.305 e. The van der Waals surface area contributed by atoms with Crippen molar-refractivity contribution in [2.45, 2.75) is 13.3 Å². The van der Waals surface area contributed by atoms with Gasteiger partial charge in [0.2, 0.25) is 0 Å². The van der Waals surface area contributed by atoms with Crippen molar-refractivity contribution in [3.63, 3.8) is 0 Å². The number of nitrogens with zero attached hydrogens (tertiary/aromatic N) is 2. The number of nitriles is 1. The largest absolute Gasteiger partial charge is 0.481 e. The molecular weight excluding hydrogens is 238 g/mol. The van der Waals surface area contributed by atoms with Crippen LogP contribution in [0.25, 0.3) is 0 Å². The van der Waals surface area contributed by atoms with Crippen molar-refractivity contribution in [3.8, 4) is 6.07 Å². The third-order valence-corrected chi connectivity index (χ3v) is 2.09. The van der Waals surface area contributed by atoms with E-state index in [1.165, 1.54) is 6.20 Å². The molecule has 0 aromatic heterocycles. The third kappa shape index (κ3) is 6.50. The lowest BCUT2D eigenvalue weighted by Crippen LogP contribution is -2.29. The molecule has 0 aliphatic carbocycles. The van der Waals surface area contributed by atoms with E-state index in [0.717, 1.165) is 0 Å². The summed E-state index contributed by atoms with van der Waals surface area (Å²) in [6.07, 6.45) is 1.16. The van der Waals surface area contributed by atoms with Crippen LogP contribution in [-0.2, 0) is 9.59 Å². The Hall–Kier alpha value is -2.07. The van der Waals surface area contributed by atoms with Gasteiger partial charge in [-0.05, 0) is 6.92 Å². The fraction of sp³-hybridized carbons (Fsp3) is 0.545. The van der Waals surface area contributed by atoms with E-state index in [2.05, 4.69) is 5.32 Å². The first-order valence-corrected chi connectivity index (χ1v) is 5.52. The molecule has 0 unspecified atom stereocenters. The minimum absolute atomic E-state index is 0.0285. The van der Waals surface area contributed by atoms with Crippen LogP contribution in [0.1, 0.15) is 13.3 Å². The first-order valence-electron chi connectivity index (χ1n) is 5.52. The molecule has 0 aliphatic rings. The number of carboxylic acid groups (broad SMARTS) is 1. The Morgan fingerprint density at radius 1 is 1.50 bits per heavy atom. The molecule has 7 nitrogen and oxygen atoms in total. The topological polar surface area (TPSA) is 114 Å². The molecule has 0 fully saturated rings. The Morgan fingerprint density at radius 2 is 2.17 bits per heavy atom. The van der Waals surface area contributed by atoms with Crippen LogP contribution in [0.5, 0.6) is 0 Å². The minimum Gasteiger partial charge on any atom is -0.481 e. The molecule has 3 N–H and O–H groups in total.